The molecule has 2 aromatic heterocycles. The van der Waals surface area contributed by atoms with Crippen LogP contribution in [0.1, 0.15) is 5.56 Å². The quantitative estimate of drug-likeness (QED) is 0.787. The maximum absolute atomic E-state index is 4.53. The Balaban J connectivity index is 2.17. The molecule has 0 aliphatic heterocycles. The van der Waals surface area contributed by atoms with E-state index in [1.54, 1.807) is 12.4 Å². The molecule has 100 valence electrons. The van der Waals surface area contributed by atoms with Crippen molar-refractivity contribution < 1.29 is 0 Å². The van der Waals surface area contributed by atoms with Gasteiger partial charge in [0.15, 0.2) is 0 Å². The third-order valence-corrected chi connectivity index (χ3v) is 3.17. The van der Waals surface area contributed by atoms with E-state index in [4.69, 9.17) is 0 Å². The van der Waals surface area contributed by atoms with Crippen molar-refractivity contribution in [1.82, 2.24) is 20.1 Å². The number of hydrogen-bond acceptors (Lipinski definition) is 3. The topological polar surface area (TPSA) is 42.7 Å². The summed E-state index contributed by atoms with van der Waals surface area (Å²) in [6, 6.07) is 14.2. The van der Waals surface area contributed by atoms with Gasteiger partial charge in [0, 0.05) is 30.1 Å². The fourth-order valence-corrected chi connectivity index (χ4v) is 2.29. The van der Waals surface area contributed by atoms with Crippen LogP contribution in [-0.2, 0) is 6.54 Å². The molecule has 0 aliphatic rings. The van der Waals surface area contributed by atoms with E-state index in [2.05, 4.69) is 27.5 Å². The first-order chi connectivity index (χ1) is 9.90. The van der Waals surface area contributed by atoms with Crippen molar-refractivity contribution in [2.24, 2.45) is 0 Å². The van der Waals surface area contributed by atoms with Gasteiger partial charge in [0.25, 0.3) is 0 Å². The summed E-state index contributed by atoms with van der Waals surface area (Å²) < 4.78 is 1.96. The monoisotopic (exact) mass is 264 g/mol. The van der Waals surface area contributed by atoms with Crippen LogP contribution in [0.2, 0.25) is 0 Å². The average molecular weight is 264 g/mol. The minimum Gasteiger partial charge on any atom is -0.316 e. The highest BCUT2D eigenvalue weighted by Crippen LogP contribution is 2.26. The highest BCUT2D eigenvalue weighted by Gasteiger charge is 2.13. The number of benzene rings is 1. The highest BCUT2D eigenvalue weighted by atomic mass is 15.3. The van der Waals surface area contributed by atoms with Gasteiger partial charge in [-0.3, -0.25) is 4.98 Å². The van der Waals surface area contributed by atoms with Crippen LogP contribution in [0.15, 0.2) is 61.1 Å². The van der Waals surface area contributed by atoms with Gasteiger partial charge in [-0.15, -0.1) is 0 Å². The molecule has 0 spiro atoms. The normalized spacial score (nSPS) is 10.7. The van der Waals surface area contributed by atoms with Gasteiger partial charge in [-0.1, -0.05) is 30.3 Å². The fraction of sp³-hybridized carbons (Fsp3) is 0.125. The fourth-order valence-electron chi connectivity index (χ4n) is 2.29. The third-order valence-electron chi connectivity index (χ3n) is 3.17. The summed E-state index contributed by atoms with van der Waals surface area (Å²) in [5.74, 6) is 0. The Kier molecular flexibility index (Phi) is 3.56. The third kappa shape index (κ3) is 2.33. The summed E-state index contributed by atoms with van der Waals surface area (Å²) >= 11 is 0. The highest BCUT2D eigenvalue weighted by molar-refractivity contribution is 5.65. The summed E-state index contributed by atoms with van der Waals surface area (Å²) in [4.78, 5) is 4.06. The molecule has 20 heavy (non-hydrogen) atoms. The molecule has 4 nitrogen and oxygen atoms in total. The number of hydrogen-bond donors (Lipinski definition) is 1. The molecular weight excluding hydrogens is 248 g/mol. The molecule has 1 N–H and O–H groups in total. The number of nitrogens with one attached hydrogen (secondary N) is 1. The summed E-state index contributed by atoms with van der Waals surface area (Å²) in [6.45, 7) is 0.787. The van der Waals surface area contributed by atoms with Crippen molar-refractivity contribution in [2.75, 3.05) is 7.05 Å². The maximum atomic E-state index is 4.53. The van der Waals surface area contributed by atoms with Gasteiger partial charge in [-0.2, -0.15) is 5.10 Å². The maximum Gasteiger partial charge on any atom is 0.0785 e. The molecule has 1 aromatic carbocycles. The van der Waals surface area contributed by atoms with Crippen LogP contribution in [0.5, 0.6) is 0 Å². The van der Waals surface area contributed by atoms with Crippen molar-refractivity contribution in [2.45, 2.75) is 6.54 Å². The molecule has 2 heterocycles. The first-order valence-corrected chi connectivity index (χ1v) is 6.57. The van der Waals surface area contributed by atoms with Crippen molar-refractivity contribution in [3.63, 3.8) is 0 Å². The van der Waals surface area contributed by atoms with E-state index < -0.39 is 0 Å². The standard InChI is InChI=1S/C16H16N4/c1-17-11-14-12-19-20(15-7-9-18-10-8-15)16(14)13-5-3-2-4-6-13/h2-10,12,17H,11H2,1H3. The summed E-state index contributed by atoms with van der Waals surface area (Å²) in [5, 5.41) is 7.72. The minimum absolute atomic E-state index is 0.787. The van der Waals surface area contributed by atoms with Gasteiger partial charge in [0.1, 0.15) is 0 Å². The van der Waals surface area contributed by atoms with Crippen molar-refractivity contribution in [3.8, 4) is 16.9 Å². The van der Waals surface area contributed by atoms with Crippen molar-refractivity contribution in [1.29, 1.82) is 0 Å². The van der Waals surface area contributed by atoms with Crippen LogP contribution >= 0.6 is 0 Å². The molecule has 0 unspecified atom stereocenters. The molecule has 0 saturated heterocycles. The predicted octanol–water partition coefficient (Wildman–Crippen LogP) is 2.65. The molecule has 0 bridgehead atoms. The largest absolute Gasteiger partial charge is 0.316 e. The van der Waals surface area contributed by atoms with E-state index >= 15 is 0 Å². The van der Waals surface area contributed by atoms with Crippen LogP contribution in [0.3, 0.4) is 0 Å². The smallest absolute Gasteiger partial charge is 0.0785 e. The molecule has 3 rings (SSSR count). The molecule has 0 amide bonds. The van der Waals surface area contributed by atoms with E-state index in [9.17, 15) is 0 Å². The molecule has 0 aliphatic carbocycles. The first-order valence-electron chi connectivity index (χ1n) is 6.57. The zero-order valence-electron chi connectivity index (χ0n) is 11.3. The second-order valence-electron chi connectivity index (χ2n) is 4.53. The second kappa shape index (κ2) is 5.67. The SMILES string of the molecule is CNCc1cnn(-c2ccncc2)c1-c1ccccc1. The Hall–Kier alpha value is -2.46. The Morgan fingerprint density at radius 2 is 1.80 bits per heavy atom. The molecule has 4 heteroatoms. The van der Waals surface area contributed by atoms with E-state index in [1.165, 1.54) is 5.56 Å². The van der Waals surface area contributed by atoms with Crippen LogP contribution in [0.4, 0.5) is 0 Å². The van der Waals surface area contributed by atoms with Crippen LogP contribution in [0.25, 0.3) is 16.9 Å². The Morgan fingerprint density at radius 3 is 2.50 bits per heavy atom. The van der Waals surface area contributed by atoms with Crippen LogP contribution < -0.4 is 5.32 Å². The summed E-state index contributed by atoms with van der Waals surface area (Å²) in [6.07, 6.45) is 5.48. The second-order valence-corrected chi connectivity index (χ2v) is 4.53. The predicted molar refractivity (Wildman–Crippen MR) is 79.6 cm³/mol. The van der Waals surface area contributed by atoms with Crippen molar-refractivity contribution >= 4 is 0 Å². The number of nitrogens with zero attached hydrogens (tertiary/aromatic N) is 3. The minimum atomic E-state index is 0.787. The zero-order chi connectivity index (χ0) is 13.8. The van der Waals surface area contributed by atoms with Gasteiger partial charge in [0.05, 0.1) is 17.6 Å². The Labute approximate surface area is 118 Å². The number of rotatable bonds is 4. The first kappa shape index (κ1) is 12.6. The Bertz CT molecular complexity index is 674. The van der Waals surface area contributed by atoms with E-state index in [1.807, 2.05) is 48.3 Å². The van der Waals surface area contributed by atoms with Gasteiger partial charge in [0.2, 0.25) is 0 Å². The lowest BCUT2D eigenvalue weighted by Gasteiger charge is -2.09. The molecule has 3 aromatic rings. The van der Waals surface area contributed by atoms with E-state index in [-0.39, 0.29) is 0 Å². The molecule has 0 atom stereocenters. The van der Waals surface area contributed by atoms with Gasteiger partial charge < -0.3 is 5.32 Å². The number of pyridine rings is 1. The lowest BCUT2D eigenvalue weighted by atomic mass is 10.1. The van der Waals surface area contributed by atoms with Crippen molar-refractivity contribution in [3.05, 3.63) is 66.6 Å². The number of aromatic nitrogens is 3. The zero-order valence-corrected chi connectivity index (χ0v) is 11.3. The van der Waals surface area contributed by atoms with Gasteiger partial charge >= 0.3 is 0 Å². The molecule has 0 saturated carbocycles. The van der Waals surface area contributed by atoms with Crippen LogP contribution in [0, 0.1) is 0 Å². The van der Waals surface area contributed by atoms with E-state index in [0.717, 1.165) is 23.5 Å². The molecule has 0 radical (unpaired) electrons. The summed E-state index contributed by atoms with van der Waals surface area (Å²) in [7, 11) is 1.94. The molecular formula is C16H16N4. The van der Waals surface area contributed by atoms with E-state index in [0.29, 0.717) is 0 Å². The summed E-state index contributed by atoms with van der Waals surface area (Å²) in [5.41, 5.74) is 4.47. The lowest BCUT2D eigenvalue weighted by Crippen LogP contribution is -2.06. The van der Waals surface area contributed by atoms with Gasteiger partial charge in [-0.25, -0.2) is 4.68 Å². The average Bonchev–Trinajstić information content (AvgIpc) is 2.93. The Morgan fingerprint density at radius 1 is 1.05 bits per heavy atom. The lowest BCUT2D eigenvalue weighted by molar-refractivity contribution is 0.818. The van der Waals surface area contributed by atoms with Crippen LogP contribution in [-0.4, -0.2) is 21.8 Å². The molecule has 0 fully saturated rings. The van der Waals surface area contributed by atoms with Gasteiger partial charge in [-0.05, 0) is 19.2 Å².